The Kier molecular flexibility index (Phi) is 4.82. The minimum atomic E-state index is -0.327. The van der Waals surface area contributed by atoms with Crippen LogP contribution in [0.4, 0.5) is 9.52 Å². The molecular formula is C19H18FN3OS2. The number of nitrogens with zero attached hydrogens (tertiary/aromatic N) is 3. The van der Waals surface area contributed by atoms with Gasteiger partial charge in [0.25, 0.3) is 5.91 Å². The van der Waals surface area contributed by atoms with Gasteiger partial charge < -0.3 is 9.80 Å². The first-order valence-electron chi connectivity index (χ1n) is 8.38. The number of hydrogen-bond acceptors (Lipinski definition) is 5. The molecule has 0 saturated carbocycles. The van der Waals surface area contributed by atoms with E-state index in [1.54, 1.807) is 35.2 Å². The van der Waals surface area contributed by atoms with Crippen LogP contribution in [-0.2, 0) is 0 Å². The smallest absolute Gasteiger partial charge is 0.253 e. The zero-order valence-electron chi connectivity index (χ0n) is 14.3. The van der Waals surface area contributed by atoms with E-state index in [4.69, 9.17) is 4.98 Å². The number of halogens is 1. The first kappa shape index (κ1) is 17.3. The van der Waals surface area contributed by atoms with E-state index in [0.717, 1.165) is 23.7 Å². The van der Waals surface area contributed by atoms with Crippen LogP contribution in [-0.4, -0.2) is 48.2 Å². The Labute approximate surface area is 159 Å². The average Bonchev–Trinajstić information content (AvgIpc) is 3.11. The largest absolute Gasteiger partial charge is 0.345 e. The first-order valence-corrected chi connectivity index (χ1v) is 10.4. The average molecular weight is 388 g/mol. The molecule has 1 fully saturated rings. The molecular weight excluding hydrogens is 369 g/mol. The van der Waals surface area contributed by atoms with E-state index in [-0.39, 0.29) is 11.7 Å². The van der Waals surface area contributed by atoms with Crippen LogP contribution in [0.5, 0.6) is 0 Å². The van der Waals surface area contributed by atoms with E-state index in [1.807, 2.05) is 4.90 Å². The predicted octanol–water partition coefficient (Wildman–Crippen LogP) is 4.12. The summed E-state index contributed by atoms with van der Waals surface area (Å²) in [5.74, 6) is -0.370. The summed E-state index contributed by atoms with van der Waals surface area (Å²) < 4.78 is 14.2. The number of anilines is 1. The first-order chi connectivity index (χ1) is 12.6. The number of piperazine rings is 1. The van der Waals surface area contributed by atoms with Gasteiger partial charge in [-0.2, -0.15) is 0 Å². The lowest BCUT2D eigenvalue weighted by Crippen LogP contribution is -2.48. The zero-order valence-corrected chi connectivity index (χ0v) is 15.9. The molecule has 0 unspecified atom stereocenters. The van der Waals surface area contributed by atoms with Gasteiger partial charge in [-0.3, -0.25) is 4.79 Å². The Morgan fingerprint density at radius 3 is 2.54 bits per heavy atom. The minimum Gasteiger partial charge on any atom is -0.345 e. The van der Waals surface area contributed by atoms with E-state index >= 15 is 0 Å². The normalized spacial score (nSPS) is 14.8. The fraction of sp³-hybridized carbons (Fsp3) is 0.263. The number of thioether (sulfide) groups is 1. The highest BCUT2D eigenvalue weighted by molar-refractivity contribution is 7.98. The van der Waals surface area contributed by atoms with Crippen LogP contribution < -0.4 is 4.90 Å². The van der Waals surface area contributed by atoms with Crippen LogP contribution in [0.3, 0.4) is 0 Å². The van der Waals surface area contributed by atoms with Gasteiger partial charge in [-0.1, -0.05) is 11.3 Å². The lowest BCUT2D eigenvalue weighted by molar-refractivity contribution is 0.0746. The van der Waals surface area contributed by atoms with Crippen molar-refractivity contribution in [3.8, 4) is 0 Å². The van der Waals surface area contributed by atoms with Crippen LogP contribution in [0.15, 0.2) is 47.4 Å². The van der Waals surface area contributed by atoms with Crippen LogP contribution in [0, 0.1) is 5.82 Å². The Morgan fingerprint density at radius 2 is 1.85 bits per heavy atom. The number of hydrogen-bond donors (Lipinski definition) is 0. The van der Waals surface area contributed by atoms with Crippen molar-refractivity contribution in [2.75, 3.05) is 37.3 Å². The number of fused-ring (bicyclic) bond motifs is 1. The fourth-order valence-electron chi connectivity index (χ4n) is 3.03. The quantitative estimate of drug-likeness (QED) is 0.634. The van der Waals surface area contributed by atoms with Crippen LogP contribution in [0.25, 0.3) is 10.2 Å². The van der Waals surface area contributed by atoms with E-state index in [0.29, 0.717) is 18.7 Å². The molecule has 134 valence electrons. The summed E-state index contributed by atoms with van der Waals surface area (Å²) in [6.45, 7) is 2.79. The number of benzene rings is 2. The van der Waals surface area contributed by atoms with Gasteiger partial charge in [-0.15, -0.1) is 11.8 Å². The van der Waals surface area contributed by atoms with Crippen molar-refractivity contribution >= 4 is 44.4 Å². The standard InChI is InChI=1S/C19H18FN3OS2/c1-25-15-6-7-16-17(12-15)26-19(21-16)23-10-8-22(9-11-23)18(24)13-2-4-14(20)5-3-13/h2-7,12H,8-11H2,1H3. The molecule has 2 aromatic carbocycles. The Hall–Kier alpha value is -2.12. The minimum absolute atomic E-state index is 0.0430. The maximum absolute atomic E-state index is 13.0. The molecule has 0 bridgehead atoms. The number of aromatic nitrogens is 1. The molecule has 0 N–H and O–H groups in total. The van der Waals surface area contributed by atoms with Gasteiger partial charge in [0, 0.05) is 36.6 Å². The molecule has 3 aromatic rings. The van der Waals surface area contributed by atoms with Crippen LogP contribution >= 0.6 is 23.1 Å². The summed E-state index contributed by atoms with van der Waals surface area (Å²) in [6.07, 6.45) is 2.07. The van der Waals surface area contributed by atoms with E-state index in [1.165, 1.54) is 21.7 Å². The van der Waals surface area contributed by atoms with E-state index in [2.05, 4.69) is 29.4 Å². The summed E-state index contributed by atoms with van der Waals surface area (Å²) in [5.41, 5.74) is 1.55. The van der Waals surface area contributed by atoms with Crippen molar-refractivity contribution in [1.82, 2.24) is 9.88 Å². The molecule has 0 atom stereocenters. The molecule has 0 radical (unpaired) electrons. The number of thiazole rings is 1. The molecule has 0 spiro atoms. The zero-order chi connectivity index (χ0) is 18.1. The maximum atomic E-state index is 13.0. The SMILES string of the molecule is CSc1ccc2nc(N3CCN(C(=O)c4ccc(F)cc4)CC3)sc2c1. The van der Waals surface area contributed by atoms with Crippen LogP contribution in [0.1, 0.15) is 10.4 Å². The fourth-order valence-corrected chi connectivity index (χ4v) is 4.60. The third kappa shape index (κ3) is 3.41. The van der Waals surface area contributed by atoms with Gasteiger partial charge >= 0.3 is 0 Å². The molecule has 0 aliphatic carbocycles. The highest BCUT2D eigenvalue weighted by atomic mass is 32.2. The summed E-state index contributed by atoms with van der Waals surface area (Å²) >= 11 is 3.43. The van der Waals surface area contributed by atoms with Gasteiger partial charge in [0.15, 0.2) is 5.13 Å². The van der Waals surface area contributed by atoms with Crippen molar-refractivity contribution < 1.29 is 9.18 Å². The van der Waals surface area contributed by atoms with Crippen molar-refractivity contribution in [2.45, 2.75) is 4.90 Å². The Morgan fingerprint density at radius 1 is 1.12 bits per heavy atom. The summed E-state index contributed by atoms with van der Waals surface area (Å²) in [5, 5.41) is 1.01. The molecule has 4 nitrogen and oxygen atoms in total. The topological polar surface area (TPSA) is 36.4 Å². The molecule has 7 heteroatoms. The van der Waals surface area contributed by atoms with E-state index in [9.17, 15) is 9.18 Å². The second-order valence-corrected chi connectivity index (χ2v) is 8.00. The number of carbonyl (C=O) groups excluding carboxylic acids is 1. The number of rotatable bonds is 3. The van der Waals surface area contributed by atoms with E-state index < -0.39 is 0 Å². The highest BCUT2D eigenvalue weighted by Gasteiger charge is 2.24. The molecule has 1 aliphatic rings. The summed E-state index contributed by atoms with van der Waals surface area (Å²) in [4.78, 5) is 22.6. The molecule has 1 saturated heterocycles. The van der Waals surface area contributed by atoms with Gasteiger partial charge in [0.1, 0.15) is 5.82 Å². The highest BCUT2D eigenvalue weighted by Crippen LogP contribution is 2.32. The second-order valence-electron chi connectivity index (χ2n) is 6.12. The van der Waals surface area contributed by atoms with Crippen molar-refractivity contribution in [3.05, 3.63) is 53.8 Å². The third-order valence-corrected chi connectivity index (χ3v) is 6.32. The predicted molar refractivity (Wildman–Crippen MR) is 106 cm³/mol. The van der Waals surface area contributed by atoms with Gasteiger partial charge in [0.2, 0.25) is 0 Å². The Bertz CT molecular complexity index is 934. The summed E-state index contributed by atoms with van der Waals surface area (Å²) in [6, 6.07) is 12.1. The maximum Gasteiger partial charge on any atom is 0.253 e. The van der Waals surface area contributed by atoms with Crippen molar-refractivity contribution in [3.63, 3.8) is 0 Å². The van der Waals surface area contributed by atoms with Gasteiger partial charge in [-0.05, 0) is 48.7 Å². The molecule has 1 aliphatic heterocycles. The number of amides is 1. The van der Waals surface area contributed by atoms with Crippen molar-refractivity contribution in [2.24, 2.45) is 0 Å². The monoisotopic (exact) mass is 387 g/mol. The third-order valence-electron chi connectivity index (χ3n) is 4.51. The van der Waals surface area contributed by atoms with Crippen LogP contribution in [0.2, 0.25) is 0 Å². The molecule has 1 amide bonds. The molecule has 2 heterocycles. The second kappa shape index (κ2) is 7.25. The lowest BCUT2D eigenvalue weighted by Gasteiger charge is -2.34. The van der Waals surface area contributed by atoms with Gasteiger partial charge in [-0.25, -0.2) is 9.37 Å². The summed E-state index contributed by atoms with van der Waals surface area (Å²) in [7, 11) is 0. The van der Waals surface area contributed by atoms with Gasteiger partial charge in [0.05, 0.1) is 10.2 Å². The molecule has 26 heavy (non-hydrogen) atoms. The molecule has 1 aromatic heterocycles. The number of carbonyl (C=O) groups is 1. The molecule has 4 rings (SSSR count). The Balaban J connectivity index is 1.44. The van der Waals surface area contributed by atoms with Crippen molar-refractivity contribution in [1.29, 1.82) is 0 Å². The lowest BCUT2D eigenvalue weighted by atomic mass is 10.2.